The number of anilines is 2. The second-order valence-electron chi connectivity index (χ2n) is 17.5. The summed E-state index contributed by atoms with van der Waals surface area (Å²) >= 11 is 0. The third kappa shape index (κ3) is 8.02. The first-order valence-corrected chi connectivity index (χ1v) is 23.2. The summed E-state index contributed by atoms with van der Waals surface area (Å²) in [5, 5.41) is 32.4. The van der Waals surface area contributed by atoms with Crippen molar-refractivity contribution in [1.29, 1.82) is 10.8 Å². The summed E-state index contributed by atoms with van der Waals surface area (Å²) in [7, 11) is 0. The van der Waals surface area contributed by atoms with E-state index in [0.717, 1.165) is 128 Å². The lowest BCUT2D eigenvalue weighted by molar-refractivity contribution is 0.578. The van der Waals surface area contributed by atoms with Gasteiger partial charge >= 0.3 is 0 Å². The van der Waals surface area contributed by atoms with Crippen LogP contribution in [0.15, 0.2) is 159 Å². The molecule has 2 fully saturated rings. The fourth-order valence-corrected chi connectivity index (χ4v) is 9.77. The molecule has 6 heterocycles. The molecule has 336 valence electrons. The van der Waals surface area contributed by atoms with E-state index in [0.29, 0.717) is 0 Å². The topological polar surface area (TPSA) is 179 Å². The quantitative estimate of drug-likeness (QED) is 0.0734. The van der Waals surface area contributed by atoms with Crippen molar-refractivity contribution >= 4 is 55.9 Å². The molecule has 6 aromatic carbocycles. The van der Waals surface area contributed by atoms with Crippen LogP contribution in [0.5, 0.6) is 0 Å². The van der Waals surface area contributed by atoms with E-state index in [2.05, 4.69) is 86.0 Å². The summed E-state index contributed by atoms with van der Waals surface area (Å²) in [6, 6.07) is 41.3. The van der Waals surface area contributed by atoms with Crippen molar-refractivity contribution < 1.29 is 0 Å². The van der Waals surface area contributed by atoms with E-state index in [4.69, 9.17) is 32.3 Å². The number of hydrogen-bond acceptors (Lipinski definition) is 9. The maximum absolute atomic E-state index is 7.92. The van der Waals surface area contributed by atoms with Crippen LogP contribution in [0.25, 0.3) is 77.3 Å². The van der Waals surface area contributed by atoms with Gasteiger partial charge in [-0.15, -0.1) is 0 Å². The van der Waals surface area contributed by atoms with Crippen molar-refractivity contribution in [2.75, 3.05) is 49.1 Å². The summed E-state index contributed by atoms with van der Waals surface area (Å²) in [6.07, 6.45) is 15.5. The molecule has 13 nitrogen and oxygen atoms in total. The summed E-state index contributed by atoms with van der Waals surface area (Å²) in [6.45, 7) is 6.40. The predicted octanol–water partition coefficient (Wildman–Crippen LogP) is 9.40. The van der Waals surface area contributed by atoms with Crippen molar-refractivity contribution in [2.24, 2.45) is 11.5 Å². The monoisotopic (exact) mass is 893 g/mol. The van der Waals surface area contributed by atoms with Crippen LogP contribution in [0.2, 0.25) is 0 Å². The highest BCUT2D eigenvalue weighted by Crippen LogP contribution is 2.36. The van der Waals surface area contributed by atoms with Gasteiger partial charge in [-0.1, -0.05) is 97.1 Å². The van der Waals surface area contributed by atoms with Crippen LogP contribution in [0.1, 0.15) is 30.4 Å². The molecule has 2 aliphatic heterocycles. The Balaban J connectivity index is 0.000000149. The van der Waals surface area contributed by atoms with Gasteiger partial charge in [0, 0.05) is 109 Å². The molecular weight excluding hydrogens is 843 g/mol. The Morgan fingerprint density at radius 3 is 1.31 bits per heavy atom. The number of piperidine rings is 1. The van der Waals surface area contributed by atoms with Gasteiger partial charge in [0.1, 0.15) is 11.7 Å². The number of rotatable bonds is 8. The number of hydrogen-bond donors (Lipinski definition) is 5. The minimum Gasteiger partial charge on any atom is -0.384 e. The first kappa shape index (κ1) is 42.2. The highest BCUT2D eigenvalue weighted by atomic mass is 15.2. The minimum atomic E-state index is 0.0633. The molecule has 4 aromatic heterocycles. The molecule has 0 radical (unpaired) electrons. The van der Waals surface area contributed by atoms with Crippen LogP contribution in [0.3, 0.4) is 0 Å². The fourth-order valence-electron chi connectivity index (χ4n) is 9.77. The lowest BCUT2D eigenvalue weighted by atomic mass is 9.96. The molecule has 68 heavy (non-hydrogen) atoms. The van der Waals surface area contributed by atoms with Crippen LogP contribution in [0.4, 0.5) is 11.4 Å². The minimum absolute atomic E-state index is 0.0633. The zero-order valence-electron chi connectivity index (χ0n) is 37.6. The Labute approximate surface area is 393 Å². The molecule has 7 N–H and O–H groups in total. The van der Waals surface area contributed by atoms with Crippen molar-refractivity contribution in [3.05, 3.63) is 170 Å². The summed E-state index contributed by atoms with van der Waals surface area (Å²) in [4.78, 5) is 14.5. The van der Waals surface area contributed by atoms with E-state index < -0.39 is 0 Å². The van der Waals surface area contributed by atoms with Gasteiger partial charge in [0.25, 0.3) is 0 Å². The van der Waals surface area contributed by atoms with Gasteiger partial charge < -0.3 is 26.6 Å². The number of nitrogens with zero attached hydrogens (tertiary/aromatic N) is 8. The van der Waals surface area contributed by atoms with Crippen LogP contribution in [-0.2, 0) is 0 Å². The van der Waals surface area contributed by atoms with Crippen LogP contribution in [-0.4, -0.2) is 80.1 Å². The van der Waals surface area contributed by atoms with Crippen molar-refractivity contribution in [2.45, 2.75) is 19.3 Å². The molecule has 0 aliphatic carbocycles. The van der Waals surface area contributed by atoms with Gasteiger partial charge in [0.05, 0.1) is 12.4 Å². The predicted molar refractivity (Wildman–Crippen MR) is 276 cm³/mol. The third-order valence-corrected chi connectivity index (χ3v) is 13.3. The lowest BCUT2D eigenvalue weighted by Crippen LogP contribution is -2.43. The van der Waals surface area contributed by atoms with Crippen LogP contribution in [0, 0.1) is 10.8 Å². The van der Waals surface area contributed by atoms with Crippen molar-refractivity contribution in [1.82, 2.24) is 34.5 Å². The molecule has 0 spiro atoms. The highest BCUT2D eigenvalue weighted by molar-refractivity contribution is 6.13. The Bertz CT molecular complexity index is 3250. The maximum Gasteiger partial charge on any atom is 0.162 e. The van der Waals surface area contributed by atoms with Gasteiger partial charge in [-0.3, -0.25) is 10.8 Å². The van der Waals surface area contributed by atoms with Gasteiger partial charge in [-0.05, 0) is 87.3 Å². The number of amidine groups is 2. The number of benzene rings is 6. The second-order valence-corrected chi connectivity index (χ2v) is 17.5. The SMILES string of the molecule is N=C(N)c1ccc(-c2cnn3cc(-c4ccc(N5CCCCC5)cc4)cnc23)c2ccccc12.N=C(N)c1ccc(-c2cnn3cc(-c4ccc(N5CCNCC5)cc4)cnc23)c2ccccc12. The molecule has 10 aromatic rings. The second kappa shape index (κ2) is 18.1. The number of fused-ring (bicyclic) bond motifs is 4. The van der Waals surface area contributed by atoms with Gasteiger partial charge in [0.15, 0.2) is 11.3 Å². The smallest absolute Gasteiger partial charge is 0.162 e. The van der Waals surface area contributed by atoms with Gasteiger partial charge in [-0.2, -0.15) is 10.2 Å². The number of aromatic nitrogens is 6. The lowest BCUT2D eigenvalue weighted by Gasteiger charge is -2.29. The Morgan fingerprint density at radius 2 is 0.868 bits per heavy atom. The summed E-state index contributed by atoms with van der Waals surface area (Å²) < 4.78 is 3.68. The number of nitrogens with two attached hydrogens (primary N) is 2. The average molecular weight is 894 g/mol. The number of nitrogen functional groups attached to an aromatic ring is 2. The van der Waals surface area contributed by atoms with Crippen molar-refractivity contribution in [3.8, 4) is 44.5 Å². The highest BCUT2D eigenvalue weighted by Gasteiger charge is 2.18. The average Bonchev–Trinajstić information content (AvgIpc) is 4.03. The maximum atomic E-state index is 7.92. The number of piperazine rings is 1. The van der Waals surface area contributed by atoms with Crippen LogP contribution < -0.4 is 26.6 Å². The molecule has 0 bridgehead atoms. The van der Waals surface area contributed by atoms with E-state index in [1.54, 1.807) is 0 Å². The van der Waals surface area contributed by atoms with E-state index in [9.17, 15) is 0 Å². The van der Waals surface area contributed by atoms with E-state index in [-0.39, 0.29) is 11.7 Å². The standard InChI is InChI=1S/C28H26N6.C27H25N7/c29-27(30)25-13-12-24(22-6-2-3-7-23(22)25)26-17-32-34-18-20(16-31-28(26)34)19-8-10-21(11-9-19)33-14-4-1-5-15-33;28-26(29)24-10-9-23(21-3-1-2-4-22(21)24)25-16-32-34-17-19(15-31-27(25)34)18-5-7-20(8-6-18)33-13-11-30-12-14-33/h2-3,6-13,16-18H,1,4-5,14-15H2,(H3,29,30);1-10,15-17,30H,11-14H2,(H3,28,29). The Hall–Kier alpha value is -8.42. The molecular formula is C55H51N13. The molecule has 12 rings (SSSR count). The Kier molecular flexibility index (Phi) is 11.2. The molecule has 13 heteroatoms. The molecule has 0 amide bonds. The molecule has 2 aliphatic rings. The first-order chi connectivity index (χ1) is 33.4. The largest absolute Gasteiger partial charge is 0.384 e. The van der Waals surface area contributed by atoms with Crippen LogP contribution >= 0.6 is 0 Å². The number of nitrogens with one attached hydrogen (secondary N) is 3. The van der Waals surface area contributed by atoms with Crippen molar-refractivity contribution in [3.63, 3.8) is 0 Å². The summed E-state index contributed by atoms with van der Waals surface area (Å²) in [5.74, 6) is 0.130. The van der Waals surface area contributed by atoms with E-state index in [1.165, 1.54) is 30.6 Å². The zero-order valence-corrected chi connectivity index (χ0v) is 37.6. The Morgan fingerprint density at radius 1 is 0.441 bits per heavy atom. The molecule has 0 unspecified atom stereocenters. The van der Waals surface area contributed by atoms with E-state index >= 15 is 0 Å². The molecule has 2 saturated heterocycles. The zero-order chi connectivity index (χ0) is 46.1. The fraction of sp³-hybridized carbons (Fsp3) is 0.164. The van der Waals surface area contributed by atoms with E-state index in [1.807, 2.05) is 107 Å². The third-order valence-electron chi connectivity index (χ3n) is 13.3. The molecule has 0 atom stereocenters. The summed E-state index contributed by atoms with van der Waals surface area (Å²) in [5.41, 5.74) is 25.5. The normalized spacial score (nSPS) is 14.1. The first-order valence-electron chi connectivity index (χ1n) is 23.2. The molecule has 0 saturated carbocycles. The van der Waals surface area contributed by atoms with Gasteiger partial charge in [0.2, 0.25) is 0 Å². The van der Waals surface area contributed by atoms with Gasteiger partial charge in [-0.25, -0.2) is 19.0 Å².